The van der Waals surface area contributed by atoms with Crippen molar-refractivity contribution in [1.29, 1.82) is 0 Å². The van der Waals surface area contributed by atoms with Gasteiger partial charge in [0.1, 0.15) is 6.10 Å². The highest BCUT2D eigenvalue weighted by Crippen LogP contribution is 2.23. The van der Waals surface area contributed by atoms with Crippen LogP contribution in [0.5, 0.6) is 0 Å². The number of hydrogen-bond donors (Lipinski definition) is 1. The Morgan fingerprint density at radius 2 is 2.00 bits per heavy atom. The summed E-state index contributed by atoms with van der Waals surface area (Å²) >= 11 is 0. The highest BCUT2D eigenvalue weighted by atomic mass is 16.7. The van der Waals surface area contributed by atoms with Gasteiger partial charge in [-0.2, -0.15) is 0 Å². The third-order valence-electron chi connectivity index (χ3n) is 2.40. The minimum Gasteiger partial charge on any atom is -0.382 e. The molecule has 0 aromatic carbocycles. The number of aliphatic hydroxyl groups is 1. The van der Waals surface area contributed by atoms with Gasteiger partial charge in [0.05, 0.1) is 18.8 Å². The van der Waals surface area contributed by atoms with Gasteiger partial charge in [-0.05, 0) is 0 Å². The molecular formula is C9H18O5. The molecule has 1 rings (SSSR count). The van der Waals surface area contributed by atoms with Crippen LogP contribution in [0.15, 0.2) is 0 Å². The van der Waals surface area contributed by atoms with Gasteiger partial charge in [0.2, 0.25) is 0 Å². The Hall–Kier alpha value is -0.200. The average molecular weight is 206 g/mol. The minimum absolute atomic E-state index is 0.133. The quantitative estimate of drug-likeness (QED) is 0.688. The van der Waals surface area contributed by atoms with Crippen LogP contribution >= 0.6 is 0 Å². The van der Waals surface area contributed by atoms with E-state index in [2.05, 4.69) is 0 Å². The van der Waals surface area contributed by atoms with Gasteiger partial charge in [0.15, 0.2) is 6.29 Å². The summed E-state index contributed by atoms with van der Waals surface area (Å²) in [5.74, 6) is 0. The summed E-state index contributed by atoms with van der Waals surface area (Å²) in [6.45, 7) is 0.452. The van der Waals surface area contributed by atoms with Crippen molar-refractivity contribution in [2.24, 2.45) is 0 Å². The first-order valence-corrected chi connectivity index (χ1v) is 4.61. The molecule has 0 saturated carbocycles. The fraction of sp³-hybridized carbons (Fsp3) is 1.00. The van der Waals surface area contributed by atoms with E-state index in [0.29, 0.717) is 13.0 Å². The zero-order chi connectivity index (χ0) is 10.6. The molecule has 5 heteroatoms. The number of aliphatic hydroxyl groups excluding tert-OH is 1. The molecule has 0 aromatic rings. The lowest BCUT2D eigenvalue weighted by atomic mass is 10.0. The topological polar surface area (TPSA) is 57.2 Å². The van der Waals surface area contributed by atoms with E-state index >= 15 is 0 Å². The molecule has 1 N–H and O–H groups in total. The maximum absolute atomic E-state index is 9.58. The van der Waals surface area contributed by atoms with Crippen molar-refractivity contribution in [3.05, 3.63) is 0 Å². The SMILES string of the molecule is COCC1C[C@H](OC)C(OC)[C@H](O)O1. The molecule has 0 aliphatic carbocycles. The molecule has 1 saturated heterocycles. The van der Waals surface area contributed by atoms with Gasteiger partial charge >= 0.3 is 0 Å². The van der Waals surface area contributed by atoms with Crippen molar-refractivity contribution >= 4 is 0 Å². The molecule has 1 aliphatic heterocycles. The summed E-state index contributed by atoms with van der Waals surface area (Å²) < 4.78 is 20.6. The molecule has 1 heterocycles. The van der Waals surface area contributed by atoms with E-state index in [1.807, 2.05) is 0 Å². The van der Waals surface area contributed by atoms with Gasteiger partial charge in [-0.15, -0.1) is 0 Å². The Morgan fingerprint density at radius 3 is 2.50 bits per heavy atom. The van der Waals surface area contributed by atoms with Crippen LogP contribution in [0.2, 0.25) is 0 Å². The molecule has 1 fully saturated rings. The second-order valence-corrected chi connectivity index (χ2v) is 3.31. The Balaban J connectivity index is 2.53. The van der Waals surface area contributed by atoms with Gasteiger partial charge in [0, 0.05) is 27.8 Å². The molecule has 0 radical (unpaired) electrons. The molecule has 0 aromatic heterocycles. The molecule has 0 amide bonds. The first-order chi connectivity index (χ1) is 6.72. The third-order valence-corrected chi connectivity index (χ3v) is 2.40. The van der Waals surface area contributed by atoms with E-state index in [1.54, 1.807) is 14.2 Å². The van der Waals surface area contributed by atoms with Gasteiger partial charge in [-0.3, -0.25) is 0 Å². The van der Waals surface area contributed by atoms with Crippen LogP contribution in [0, 0.1) is 0 Å². The van der Waals surface area contributed by atoms with E-state index in [4.69, 9.17) is 18.9 Å². The van der Waals surface area contributed by atoms with Crippen LogP contribution in [0.25, 0.3) is 0 Å². The second-order valence-electron chi connectivity index (χ2n) is 3.31. The van der Waals surface area contributed by atoms with Crippen LogP contribution in [-0.2, 0) is 18.9 Å². The summed E-state index contributed by atoms with van der Waals surface area (Å²) in [6, 6.07) is 0. The smallest absolute Gasteiger partial charge is 0.184 e. The molecule has 84 valence electrons. The molecule has 0 spiro atoms. The van der Waals surface area contributed by atoms with Crippen molar-refractivity contribution in [2.75, 3.05) is 27.9 Å². The zero-order valence-electron chi connectivity index (χ0n) is 8.80. The molecule has 0 bridgehead atoms. The van der Waals surface area contributed by atoms with Crippen LogP contribution in [0.4, 0.5) is 0 Å². The van der Waals surface area contributed by atoms with Crippen LogP contribution < -0.4 is 0 Å². The lowest BCUT2D eigenvalue weighted by Crippen LogP contribution is -2.51. The van der Waals surface area contributed by atoms with E-state index in [1.165, 1.54) is 7.11 Å². The number of hydrogen-bond acceptors (Lipinski definition) is 5. The maximum atomic E-state index is 9.58. The van der Waals surface area contributed by atoms with E-state index < -0.39 is 12.4 Å². The molecule has 1 aliphatic rings. The predicted octanol–water partition coefficient (Wildman–Crippen LogP) is -0.230. The van der Waals surface area contributed by atoms with Gasteiger partial charge in [-0.1, -0.05) is 0 Å². The number of ether oxygens (including phenoxy) is 4. The zero-order valence-corrected chi connectivity index (χ0v) is 8.80. The Morgan fingerprint density at radius 1 is 1.29 bits per heavy atom. The van der Waals surface area contributed by atoms with Crippen molar-refractivity contribution in [3.63, 3.8) is 0 Å². The van der Waals surface area contributed by atoms with Crippen LogP contribution in [-0.4, -0.2) is 57.6 Å². The van der Waals surface area contributed by atoms with Gasteiger partial charge in [0.25, 0.3) is 0 Å². The fourth-order valence-corrected chi connectivity index (χ4v) is 1.70. The summed E-state index contributed by atoms with van der Waals surface area (Å²) in [5, 5.41) is 9.58. The number of rotatable bonds is 4. The van der Waals surface area contributed by atoms with Gasteiger partial charge < -0.3 is 24.1 Å². The maximum Gasteiger partial charge on any atom is 0.184 e. The minimum atomic E-state index is -0.946. The number of methoxy groups -OCH3 is 3. The first-order valence-electron chi connectivity index (χ1n) is 4.61. The molecule has 4 atom stereocenters. The van der Waals surface area contributed by atoms with Gasteiger partial charge in [-0.25, -0.2) is 0 Å². The lowest BCUT2D eigenvalue weighted by Gasteiger charge is -2.37. The third kappa shape index (κ3) is 2.65. The largest absolute Gasteiger partial charge is 0.382 e. The average Bonchev–Trinajstić information content (AvgIpc) is 2.17. The Bertz CT molecular complexity index is 163. The molecule has 2 unspecified atom stereocenters. The molecule has 14 heavy (non-hydrogen) atoms. The summed E-state index contributed by atoms with van der Waals surface area (Å²) in [5.41, 5.74) is 0. The van der Waals surface area contributed by atoms with Crippen molar-refractivity contribution in [3.8, 4) is 0 Å². The fourth-order valence-electron chi connectivity index (χ4n) is 1.70. The van der Waals surface area contributed by atoms with Crippen molar-refractivity contribution < 1.29 is 24.1 Å². The van der Waals surface area contributed by atoms with E-state index in [-0.39, 0.29) is 12.2 Å². The standard InChI is InChI=1S/C9H18O5/c1-11-5-6-4-7(12-2)8(13-3)9(10)14-6/h6-10H,4-5H2,1-3H3/t6?,7-,8?,9+/m0/s1. The predicted molar refractivity (Wildman–Crippen MR) is 49.0 cm³/mol. The lowest BCUT2D eigenvalue weighted by molar-refractivity contribution is -0.263. The van der Waals surface area contributed by atoms with Crippen molar-refractivity contribution in [2.45, 2.75) is 31.0 Å². The van der Waals surface area contributed by atoms with Crippen LogP contribution in [0.1, 0.15) is 6.42 Å². The van der Waals surface area contributed by atoms with Crippen LogP contribution in [0.3, 0.4) is 0 Å². The Labute approximate surface area is 83.9 Å². The highest BCUT2D eigenvalue weighted by molar-refractivity contribution is 4.82. The first kappa shape index (κ1) is 11.9. The second kappa shape index (κ2) is 5.63. The normalized spacial score (nSPS) is 38.6. The highest BCUT2D eigenvalue weighted by Gasteiger charge is 2.38. The monoisotopic (exact) mass is 206 g/mol. The van der Waals surface area contributed by atoms with E-state index in [0.717, 1.165) is 0 Å². The molecule has 5 nitrogen and oxygen atoms in total. The van der Waals surface area contributed by atoms with E-state index in [9.17, 15) is 5.11 Å². The molecular weight excluding hydrogens is 188 g/mol. The van der Waals surface area contributed by atoms with Crippen molar-refractivity contribution in [1.82, 2.24) is 0 Å². The summed E-state index contributed by atoms with van der Waals surface area (Å²) in [4.78, 5) is 0. The summed E-state index contributed by atoms with van der Waals surface area (Å²) in [7, 11) is 4.72. The Kier molecular flexibility index (Phi) is 4.77. The summed E-state index contributed by atoms with van der Waals surface area (Å²) in [6.07, 6.45) is -0.984.